The maximum absolute atomic E-state index is 5.75. The summed E-state index contributed by atoms with van der Waals surface area (Å²) in [6.07, 6.45) is 0.951. The van der Waals surface area contributed by atoms with Gasteiger partial charge in [0.2, 0.25) is 0 Å². The summed E-state index contributed by atoms with van der Waals surface area (Å²) in [6.45, 7) is 4.89. The van der Waals surface area contributed by atoms with E-state index < -0.39 is 0 Å². The zero-order valence-corrected chi connectivity index (χ0v) is 11.8. The highest BCUT2D eigenvalue weighted by Gasteiger charge is 2.14. The van der Waals surface area contributed by atoms with Gasteiger partial charge in [0.25, 0.3) is 0 Å². The molecule has 1 rings (SSSR count). The lowest BCUT2D eigenvalue weighted by atomic mass is 9.96. The summed E-state index contributed by atoms with van der Waals surface area (Å²) < 4.78 is 10.7. The van der Waals surface area contributed by atoms with Gasteiger partial charge in [0.05, 0.1) is 14.2 Å². The first kappa shape index (κ1) is 16.1. The van der Waals surface area contributed by atoms with Crippen molar-refractivity contribution in [2.75, 3.05) is 14.2 Å². The van der Waals surface area contributed by atoms with E-state index in [-0.39, 0.29) is 12.4 Å². The molecule has 0 bridgehead atoms. The van der Waals surface area contributed by atoms with E-state index in [1.165, 1.54) is 5.56 Å². The number of ether oxygens (including phenoxy) is 2. The van der Waals surface area contributed by atoms with E-state index in [1.807, 2.05) is 12.1 Å². The molecule has 4 heteroatoms. The standard InChI is InChI=1S/C13H21NO2.ClH/c1-9(2)7-11-10(8-14)5-6-12(15-3)13(11)16-4;/h5-6,9H,7-8,14H2,1-4H3;1H. The van der Waals surface area contributed by atoms with Gasteiger partial charge in [-0.2, -0.15) is 0 Å². The summed E-state index contributed by atoms with van der Waals surface area (Å²) in [5, 5.41) is 0. The van der Waals surface area contributed by atoms with Crippen molar-refractivity contribution in [3.63, 3.8) is 0 Å². The minimum Gasteiger partial charge on any atom is -0.493 e. The number of methoxy groups -OCH3 is 2. The monoisotopic (exact) mass is 259 g/mol. The highest BCUT2D eigenvalue weighted by Crippen LogP contribution is 2.34. The van der Waals surface area contributed by atoms with Crippen LogP contribution in [0, 0.1) is 5.92 Å². The second-order valence-electron chi connectivity index (χ2n) is 4.24. The normalized spacial score (nSPS) is 10.0. The van der Waals surface area contributed by atoms with Crippen LogP contribution < -0.4 is 15.2 Å². The molecule has 0 heterocycles. The molecular weight excluding hydrogens is 238 g/mol. The number of hydrogen-bond acceptors (Lipinski definition) is 3. The highest BCUT2D eigenvalue weighted by molar-refractivity contribution is 5.85. The molecule has 0 aliphatic carbocycles. The van der Waals surface area contributed by atoms with Crippen molar-refractivity contribution in [3.05, 3.63) is 23.3 Å². The minimum absolute atomic E-state index is 0. The minimum atomic E-state index is 0. The molecule has 3 nitrogen and oxygen atoms in total. The smallest absolute Gasteiger partial charge is 0.164 e. The van der Waals surface area contributed by atoms with Crippen LogP contribution in [-0.2, 0) is 13.0 Å². The van der Waals surface area contributed by atoms with E-state index in [0.717, 1.165) is 23.5 Å². The molecule has 17 heavy (non-hydrogen) atoms. The maximum atomic E-state index is 5.75. The Bertz CT molecular complexity index is 354. The zero-order chi connectivity index (χ0) is 12.1. The number of rotatable bonds is 5. The first-order valence-electron chi connectivity index (χ1n) is 5.56. The summed E-state index contributed by atoms with van der Waals surface area (Å²) in [7, 11) is 3.32. The fourth-order valence-electron chi connectivity index (χ4n) is 1.85. The predicted molar refractivity (Wildman–Crippen MR) is 73.2 cm³/mol. The number of hydrogen-bond donors (Lipinski definition) is 1. The summed E-state index contributed by atoms with van der Waals surface area (Å²) in [5.74, 6) is 2.15. The predicted octanol–water partition coefficient (Wildman–Crippen LogP) is 2.78. The molecule has 0 saturated carbocycles. The first-order valence-corrected chi connectivity index (χ1v) is 5.56. The summed E-state index contributed by atoms with van der Waals surface area (Å²) in [5.41, 5.74) is 8.04. The number of halogens is 1. The van der Waals surface area contributed by atoms with E-state index in [9.17, 15) is 0 Å². The van der Waals surface area contributed by atoms with Gasteiger partial charge in [0.1, 0.15) is 0 Å². The second-order valence-corrected chi connectivity index (χ2v) is 4.24. The summed E-state index contributed by atoms with van der Waals surface area (Å²) >= 11 is 0. The van der Waals surface area contributed by atoms with Gasteiger partial charge in [-0.3, -0.25) is 0 Å². The molecule has 0 amide bonds. The van der Waals surface area contributed by atoms with Crippen LogP contribution in [0.25, 0.3) is 0 Å². The third-order valence-electron chi connectivity index (χ3n) is 2.58. The second kappa shape index (κ2) is 7.41. The molecule has 0 atom stereocenters. The third-order valence-corrected chi connectivity index (χ3v) is 2.58. The number of nitrogens with two attached hydrogens (primary N) is 1. The molecule has 0 aliphatic heterocycles. The maximum Gasteiger partial charge on any atom is 0.164 e. The van der Waals surface area contributed by atoms with E-state index >= 15 is 0 Å². The Morgan fingerprint density at radius 3 is 2.24 bits per heavy atom. The van der Waals surface area contributed by atoms with Crippen LogP contribution in [0.15, 0.2) is 12.1 Å². The Morgan fingerprint density at radius 2 is 1.82 bits per heavy atom. The van der Waals surface area contributed by atoms with Gasteiger partial charge in [-0.05, 0) is 24.0 Å². The van der Waals surface area contributed by atoms with Crippen molar-refractivity contribution in [2.45, 2.75) is 26.8 Å². The molecule has 1 aromatic rings. The molecule has 0 radical (unpaired) electrons. The summed E-state index contributed by atoms with van der Waals surface area (Å²) in [6, 6.07) is 3.92. The van der Waals surface area contributed by atoms with Gasteiger partial charge in [0, 0.05) is 12.1 Å². The number of benzene rings is 1. The van der Waals surface area contributed by atoms with Gasteiger partial charge in [0.15, 0.2) is 11.5 Å². The van der Waals surface area contributed by atoms with Gasteiger partial charge >= 0.3 is 0 Å². The van der Waals surface area contributed by atoms with Crippen molar-refractivity contribution < 1.29 is 9.47 Å². The topological polar surface area (TPSA) is 44.5 Å². The van der Waals surface area contributed by atoms with Crippen molar-refractivity contribution in [2.24, 2.45) is 11.7 Å². The lowest BCUT2D eigenvalue weighted by molar-refractivity contribution is 0.349. The van der Waals surface area contributed by atoms with Gasteiger partial charge in [-0.1, -0.05) is 19.9 Å². The van der Waals surface area contributed by atoms with Crippen LogP contribution in [0.2, 0.25) is 0 Å². The molecule has 2 N–H and O–H groups in total. The molecule has 0 saturated heterocycles. The quantitative estimate of drug-likeness (QED) is 0.884. The molecule has 0 unspecified atom stereocenters. The molecule has 98 valence electrons. The third kappa shape index (κ3) is 3.79. The van der Waals surface area contributed by atoms with Crippen molar-refractivity contribution in [3.8, 4) is 11.5 Å². The van der Waals surface area contributed by atoms with Gasteiger partial charge in [-0.25, -0.2) is 0 Å². The van der Waals surface area contributed by atoms with E-state index in [1.54, 1.807) is 14.2 Å². The first-order chi connectivity index (χ1) is 7.63. The molecule has 0 aliphatic rings. The Balaban J connectivity index is 0.00000256. The molecule has 0 aromatic heterocycles. The van der Waals surface area contributed by atoms with Crippen LogP contribution >= 0.6 is 12.4 Å². The average Bonchev–Trinajstić information content (AvgIpc) is 2.27. The lowest BCUT2D eigenvalue weighted by Gasteiger charge is -2.17. The van der Waals surface area contributed by atoms with Crippen molar-refractivity contribution in [1.82, 2.24) is 0 Å². The van der Waals surface area contributed by atoms with Crippen molar-refractivity contribution >= 4 is 12.4 Å². The fraction of sp³-hybridized carbons (Fsp3) is 0.538. The van der Waals surface area contributed by atoms with E-state index in [0.29, 0.717) is 12.5 Å². The Hall–Kier alpha value is -0.930. The van der Waals surface area contributed by atoms with Crippen LogP contribution in [0.3, 0.4) is 0 Å². The largest absolute Gasteiger partial charge is 0.493 e. The van der Waals surface area contributed by atoms with E-state index in [4.69, 9.17) is 15.2 Å². The molecular formula is C13H22ClNO2. The Kier molecular flexibility index (Phi) is 7.00. The Morgan fingerprint density at radius 1 is 1.18 bits per heavy atom. The molecule has 0 spiro atoms. The van der Waals surface area contributed by atoms with Gasteiger partial charge in [-0.15, -0.1) is 12.4 Å². The van der Waals surface area contributed by atoms with Gasteiger partial charge < -0.3 is 15.2 Å². The van der Waals surface area contributed by atoms with Crippen LogP contribution in [0.4, 0.5) is 0 Å². The lowest BCUT2D eigenvalue weighted by Crippen LogP contribution is -2.07. The molecule has 0 fully saturated rings. The fourth-order valence-corrected chi connectivity index (χ4v) is 1.85. The Labute approximate surface area is 110 Å². The zero-order valence-electron chi connectivity index (χ0n) is 10.9. The van der Waals surface area contributed by atoms with Crippen molar-refractivity contribution in [1.29, 1.82) is 0 Å². The highest BCUT2D eigenvalue weighted by atomic mass is 35.5. The van der Waals surface area contributed by atoms with Crippen LogP contribution in [0.1, 0.15) is 25.0 Å². The van der Waals surface area contributed by atoms with E-state index in [2.05, 4.69) is 13.8 Å². The van der Waals surface area contributed by atoms with Crippen LogP contribution in [-0.4, -0.2) is 14.2 Å². The van der Waals surface area contributed by atoms with Crippen LogP contribution in [0.5, 0.6) is 11.5 Å². The average molecular weight is 260 g/mol. The SMILES string of the molecule is COc1ccc(CN)c(CC(C)C)c1OC.Cl. The summed E-state index contributed by atoms with van der Waals surface area (Å²) in [4.78, 5) is 0. The molecule has 1 aromatic carbocycles.